The molecule has 0 saturated heterocycles. The Kier molecular flexibility index (Phi) is 6.27. The van der Waals surface area contributed by atoms with Crippen molar-refractivity contribution in [2.45, 2.75) is 38.4 Å². The van der Waals surface area contributed by atoms with Crippen LogP contribution in [0.25, 0.3) is 11.3 Å². The van der Waals surface area contributed by atoms with E-state index in [9.17, 15) is 4.79 Å². The Labute approximate surface area is 199 Å². The van der Waals surface area contributed by atoms with Crippen LogP contribution in [-0.2, 0) is 25.9 Å². The monoisotopic (exact) mass is 455 g/mol. The summed E-state index contributed by atoms with van der Waals surface area (Å²) in [5, 5.41) is 12.6. The molecule has 7 heteroatoms. The number of amides is 1. The molecular formula is C27H29N5O2. The summed E-state index contributed by atoms with van der Waals surface area (Å²) in [6, 6.07) is 22.5. The molecule has 1 atom stereocenters. The number of nitrogens with one attached hydrogen (secondary N) is 1. The number of fused-ring (bicyclic) bond motifs is 1. The van der Waals surface area contributed by atoms with Crippen LogP contribution in [0.3, 0.4) is 0 Å². The minimum absolute atomic E-state index is 0.0484. The lowest BCUT2D eigenvalue weighted by Crippen LogP contribution is -2.35. The third-order valence-corrected chi connectivity index (χ3v) is 6.32. The summed E-state index contributed by atoms with van der Waals surface area (Å²) < 4.78 is 7.55. The summed E-state index contributed by atoms with van der Waals surface area (Å²) >= 11 is 0. The van der Waals surface area contributed by atoms with Gasteiger partial charge in [0.1, 0.15) is 0 Å². The van der Waals surface area contributed by atoms with Crippen LogP contribution in [0.2, 0.25) is 0 Å². The average molecular weight is 456 g/mol. The van der Waals surface area contributed by atoms with Crippen LogP contribution in [0.15, 0.2) is 71.3 Å². The fourth-order valence-corrected chi connectivity index (χ4v) is 4.52. The topological polar surface area (TPSA) is 76.2 Å². The van der Waals surface area contributed by atoms with E-state index < -0.39 is 0 Å². The molecule has 0 spiro atoms. The van der Waals surface area contributed by atoms with Crippen LogP contribution in [0.4, 0.5) is 0 Å². The molecule has 0 unspecified atom stereocenters. The van der Waals surface area contributed by atoms with Crippen LogP contribution in [0, 0.1) is 0 Å². The highest BCUT2D eigenvalue weighted by Crippen LogP contribution is 2.27. The maximum atomic E-state index is 12.9. The van der Waals surface area contributed by atoms with Crippen molar-refractivity contribution >= 4 is 5.91 Å². The lowest BCUT2D eigenvalue weighted by atomic mass is 9.91. The van der Waals surface area contributed by atoms with Gasteiger partial charge >= 0.3 is 0 Å². The number of hydrogen-bond donors (Lipinski definition) is 1. The van der Waals surface area contributed by atoms with Crippen molar-refractivity contribution in [1.29, 1.82) is 0 Å². The molecule has 0 bridgehead atoms. The van der Waals surface area contributed by atoms with Gasteiger partial charge in [-0.3, -0.25) is 9.48 Å². The SMILES string of the molecule is CN(C)C(=O)c1nn(Cc2ccccc2)c2c1C[C@H](NCc1cc(-c3ccccc3)on1)CC2. The average Bonchev–Trinajstić information content (AvgIpc) is 3.48. The molecule has 2 aromatic carbocycles. The van der Waals surface area contributed by atoms with E-state index in [0.29, 0.717) is 18.8 Å². The van der Waals surface area contributed by atoms with Crippen molar-refractivity contribution in [3.63, 3.8) is 0 Å². The van der Waals surface area contributed by atoms with E-state index in [0.717, 1.165) is 41.8 Å². The predicted molar refractivity (Wildman–Crippen MR) is 130 cm³/mol. The van der Waals surface area contributed by atoms with Crippen molar-refractivity contribution in [3.05, 3.63) is 94.9 Å². The molecule has 34 heavy (non-hydrogen) atoms. The highest BCUT2D eigenvalue weighted by molar-refractivity contribution is 5.93. The molecule has 2 heterocycles. The Morgan fingerprint density at radius 3 is 2.59 bits per heavy atom. The summed E-state index contributed by atoms with van der Waals surface area (Å²) in [6.45, 7) is 1.29. The van der Waals surface area contributed by atoms with Gasteiger partial charge < -0.3 is 14.7 Å². The Morgan fingerprint density at radius 1 is 1.12 bits per heavy atom. The molecule has 0 saturated carbocycles. The molecule has 1 aliphatic rings. The van der Waals surface area contributed by atoms with Crippen molar-refractivity contribution in [3.8, 4) is 11.3 Å². The third-order valence-electron chi connectivity index (χ3n) is 6.32. The van der Waals surface area contributed by atoms with Crippen LogP contribution < -0.4 is 5.32 Å². The van der Waals surface area contributed by atoms with Crippen molar-refractivity contribution in [2.75, 3.05) is 14.1 Å². The Balaban J connectivity index is 1.31. The zero-order valence-electron chi connectivity index (χ0n) is 19.6. The smallest absolute Gasteiger partial charge is 0.274 e. The molecule has 4 aromatic rings. The normalized spacial score (nSPS) is 15.2. The number of rotatable bonds is 7. The van der Waals surface area contributed by atoms with Crippen molar-refractivity contribution in [2.24, 2.45) is 0 Å². The van der Waals surface area contributed by atoms with Crippen LogP contribution in [0.5, 0.6) is 0 Å². The van der Waals surface area contributed by atoms with E-state index in [1.807, 2.05) is 59.3 Å². The fourth-order valence-electron chi connectivity index (χ4n) is 4.52. The highest BCUT2D eigenvalue weighted by Gasteiger charge is 2.30. The second kappa shape index (κ2) is 9.65. The number of aromatic nitrogens is 3. The van der Waals surface area contributed by atoms with Gasteiger partial charge in [0.25, 0.3) is 5.91 Å². The Hall–Kier alpha value is -3.71. The van der Waals surface area contributed by atoms with Crippen molar-refractivity contribution < 1.29 is 9.32 Å². The summed E-state index contributed by atoms with van der Waals surface area (Å²) in [4.78, 5) is 14.5. The van der Waals surface area contributed by atoms with Gasteiger partial charge in [-0.15, -0.1) is 0 Å². The Bertz CT molecular complexity index is 1260. The summed E-state index contributed by atoms with van der Waals surface area (Å²) in [6.07, 6.45) is 2.62. The molecule has 1 amide bonds. The molecule has 1 N–H and O–H groups in total. The van der Waals surface area contributed by atoms with Gasteiger partial charge in [0, 0.05) is 49.6 Å². The molecule has 0 radical (unpaired) electrons. The summed E-state index contributed by atoms with van der Waals surface area (Å²) in [5.74, 6) is 0.720. The minimum atomic E-state index is -0.0484. The van der Waals surface area contributed by atoms with Crippen molar-refractivity contribution in [1.82, 2.24) is 25.2 Å². The minimum Gasteiger partial charge on any atom is -0.356 e. The van der Waals surface area contributed by atoms with Crippen LogP contribution in [0.1, 0.15) is 39.4 Å². The van der Waals surface area contributed by atoms with Crippen LogP contribution >= 0.6 is 0 Å². The largest absolute Gasteiger partial charge is 0.356 e. The lowest BCUT2D eigenvalue weighted by Gasteiger charge is -2.24. The molecule has 174 valence electrons. The van der Waals surface area contributed by atoms with Gasteiger partial charge in [0.2, 0.25) is 0 Å². The predicted octanol–water partition coefficient (Wildman–Crippen LogP) is 3.94. The molecule has 2 aromatic heterocycles. The van der Waals surface area contributed by atoms with Gasteiger partial charge in [-0.1, -0.05) is 65.8 Å². The van der Waals surface area contributed by atoms with Gasteiger partial charge in [-0.2, -0.15) is 5.10 Å². The maximum absolute atomic E-state index is 12.9. The summed E-state index contributed by atoms with van der Waals surface area (Å²) in [7, 11) is 3.55. The van der Waals surface area contributed by atoms with E-state index in [2.05, 4.69) is 22.6 Å². The van der Waals surface area contributed by atoms with Gasteiger partial charge in [-0.25, -0.2) is 0 Å². The molecule has 1 aliphatic carbocycles. The first-order valence-corrected chi connectivity index (χ1v) is 11.7. The van der Waals surface area contributed by atoms with E-state index in [1.54, 1.807) is 19.0 Å². The molecule has 7 nitrogen and oxygen atoms in total. The zero-order valence-corrected chi connectivity index (χ0v) is 19.6. The van der Waals surface area contributed by atoms with E-state index in [4.69, 9.17) is 9.62 Å². The van der Waals surface area contributed by atoms with E-state index >= 15 is 0 Å². The number of carbonyl (C=O) groups excluding carboxylic acids is 1. The maximum Gasteiger partial charge on any atom is 0.274 e. The Morgan fingerprint density at radius 2 is 1.85 bits per heavy atom. The number of nitrogens with zero attached hydrogens (tertiary/aromatic N) is 4. The summed E-state index contributed by atoms with van der Waals surface area (Å²) in [5.41, 5.74) is 5.85. The third kappa shape index (κ3) is 4.65. The standard InChI is InChI=1S/C27H29N5O2/c1-31(2)27(33)26-23-15-21(13-14-24(23)32(29-26)18-19-9-5-3-6-10-19)28-17-22-16-25(34-30-22)20-11-7-4-8-12-20/h3-12,16,21,28H,13-15,17-18H2,1-2H3/t21-/m1/s1. The molecule has 5 rings (SSSR count). The number of hydrogen-bond acceptors (Lipinski definition) is 5. The first-order chi connectivity index (χ1) is 16.6. The van der Waals surface area contributed by atoms with E-state index in [1.165, 1.54) is 11.3 Å². The quantitative estimate of drug-likeness (QED) is 0.457. The van der Waals surface area contributed by atoms with Gasteiger partial charge in [0.15, 0.2) is 11.5 Å². The highest BCUT2D eigenvalue weighted by atomic mass is 16.5. The second-order valence-corrected chi connectivity index (χ2v) is 8.99. The second-order valence-electron chi connectivity index (χ2n) is 8.99. The van der Waals surface area contributed by atoms with Crippen LogP contribution in [-0.4, -0.2) is 45.9 Å². The molecular weight excluding hydrogens is 426 g/mol. The zero-order chi connectivity index (χ0) is 23.5. The first-order valence-electron chi connectivity index (χ1n) is 11.7. The number of benzene rings is 2. The fraction of sp³-hybridized carbons (Fsp3) is 0.296. The number of carbonyl (C=O) groups is 1. The lowest BCUT2D eigenvalue weighted by molar-refractivity contribution is 0.0820. The van der Waals surface area contributed by atoms with E-state index in [-0.39, 0.29) is 11.9 Å². The van der Waals surface area contributed by atoms with Gasteiger partial charge in [-0.05, 0) is 24.8 Å². The van der Waals surface area contributed by atoms with Gasteiger partial charge in [0.05, 0.1) is 12.2 Å². The molecule has 0 fully saturated rings. The molecule has 0 aliphatic heterocycles. The first kappa shape index (κ1) is 22.1.